The van der Waals surface area contributed by atoms with Crippen molar-refractivity contribution in [3.63, 3.8) is 0 Å². The fourth-order valence-electron chi connectivity index (χ4n) is 2.88. The quantitative estimate of drug-likeness (QED) is 0.757. The van der Waals surface area contributed by atoms with Crippen LogP contribution in [0.5, 0.6) is 0 Å². The van der Waals surface area contributed by atoms with Crippen molar-refractivity contribution in [3.8, 4) is 0 Å². The summed E-state index contributed by atoms with van der Waals surface area (Å²) in [6.45, 7) is 0. The van der Waals surface area contributed by atoms with Crippen LogP contribution in [0.25, 0.3) is 0 Å². The van der Waals surface area contributed by atoms with Gasteiger partial charge in [0, 0.05) is 4.47 Å². The van der Waals surface area contributed by atoms with Crippen LogP contribution in [0.15, 0.2) is 16.6 Å². The van der Waals surface area contributed by atoms with Crippen molar-refractivity contribution < 1.29 is 4.79 Å². The number of hydrogen-bond donors (Lipinski definition) is 2. The fraction of sp³-hybridized carbons (Fsp3) is 0.462. The molecule has 2 N–H and O–H groups in total. The summed E-state index contributed by atoms with van der Waals surface area (Å²) in [7, 11) is 0. The van der Waals surface area contributed by atoms with E-state index < -0.39 is 0 Å². The second-order valence-corrected chi connectivity index (χ2v) is 6.35. The third kappa shape index (κ3) is 2.01. The van der Waals surface area contributed by atoms with Crippen molar-refractivity contribution >= 4 is 39.1 Å². The number of carbonyl (C=O) groups excluding carboxylic acids is 1. The van der Waals surface area contributed by atoms with Crippen LogP contribution in [0, 0.1) is 0 Å². The van der Waals surface area contributed by atoms with Crippen molar-refractivity contribution in [2.75, 3.05) is 5.32 Å². The number of nitrogens with one attached hydrogen (secondary N) is 2. The van der Waals surface area contributed by atoms with E-state index in [9.17, 15) is 4.79 Å². The molecule has 1 aliphatic carbocycles. The van der Waals surface area contributed by atoms with Crippen LogP contribution in [0.1, 0.15) is 42.5 Å². The highest BCUT2D eigenvalue weighted by atomic mass is 79.9. The van der Waals surface area contributed by atoms with Gasteiger partial charge >= 0.3 is 0 Å². The summed E-state index contributed by atoms with van der Waals surface area (Å²) in [6, 6.07) is 3.68. The highest BCUT2D eigenvalue weighted by Gasteiger charge is 2.39. The van der Waals surface area contributed by atoms with Crippen molar-refractivity contribution in [1.82, 2.24) is 5.32 Å². The van der Waals surface area contributed by atoms with E-state index in [-0.39, 0.29) is 11.6 Å². The Hall–Kier alpha value is -0.740. The Morgan fingerprint density at radius 3 is 2.61 bits per heavy atom. The van der Waals surface area contributed by atoms with Gasteiger partial charge < -0.3 is 10.6 Å². The number of fused-ring (bicyclic) bond motifs is 1. The van der Waals surface area contributed by atoms with Gasteiger partial charge in [-0.1, -0.05) is 34.0 Å². The highest BCUT2D eigenvalue weighted by Crippen LogP contribution is 2.38. The lowest BCUT2D eigenvalue weighted by molar-refractivity contribution is 0.0876. The van der Waals surface area contributed by atoms with Crippen molar-refractivity contribution in [2.24, 2.45) is 0 Å². The number of anilines is 1. The third-order valence-electron chi connectivity index (χ3n) is 3.72. The van der Waals surface area contributed by atoms with Gasteiger partial charge in [-0.15, -0.1) is 0 Å². The minimum atomic E-state index is -0.271. The molecule has 2 aliphatic rings. The lowest BCUT2D eigenvalue weighted by atomic mass is 9.86. The topological polar surface area (TPSA) is 41.1 Å². The van der Waals surface area contributed by atoms with E-state index in [1.807, 2.05) is 6.07 Å². The van der Waals surface area contributed by atoms with Crippen LogP contribution < -0.4 is 10.6 Å². The molecule has 0 atom stereocenters. The summed E-state index contributed by atoms with van der Waals surface area (Å²) < 4.78 is 0.888. The summed E-state index contributed by atoms with van der Waals surface area (Å²) in [5.41, 5.74) is 1.11. The SMILES string of the molecule is O=C1NC2(CCCCC2)Nc2cc(Br)cc(Cl)c21. The van der Waals surface area contributed by atoms with E-state index in [4.69, 9.17) is 11.6 Å². The molecule has 0 unspecified atom stereocenters. The first-order valence-electron chi connectivity index (χ1n) is 6.19. The van der Waals surface area contributed by atoms with Crippen LogP contribution in [0.4, 0.5) is 5.69 Å². The molecule has 1 saturated carbocycles. The molecule has 1 aliphatic heterocycles. The van der Waals surface area contributed by atoms with E-state index in [0.717, 1.165) is 35.8 Å². The third-order valence-corrected chi connectivity index (χ3v) is 4.47. The average Bonchev–Trinajstić information content (AvgIpc) is 2.27. The fourth-order valence-corrected chi connectivity index (χ4v) is 3.77. The van der Waals surface area contributed by atoms with Gasteiger partial charge in [-0.3, -0.25) is 4.79 Å². The standard InChI is InChI=1S/C13H14BrClN2O/c14-8-6-9(15)11-10(7-8)16-13(17-12(11)18)4-2-1-3-5-13/h6-7,16H,1-5H2,(H,17,18). The van der Waals surface area contributed by atoms with Crippen LogP contribution in [0.2, 0.25) is 5.02 Å². The zero-order chi connectivity index (χ0) is 12.8. The summed E-state index contributed by atoms with van der Waals surface area (Å²) in [5.74, 6) is -0.0665. The number of carbonyl (C=O) groups is 1. The zero-order valence-corrected chi connectivity index (χ0v) is 12.2. The number of halogens is 2. The molecule has 1 fully saturated rings. The second-order valence-electron chi connectivity index (χ2n) is 5.03. The molecule has 1 aromatic carbocycles. The molecule has 0 bridgehead atoms. The molecule has 1 heterocycles. The first-order valence-corrected chi connectivity index (χ1v) is 7.36. The number of hydrogen-bond acceptors (Lipinski definition) is 2. The first kappa shape index (κ1) is 12.3. The molecule has 1 aromatic rings. The Bertz CT molecular complexity index is 512. The molecular weight excluding hydrogens is 316 g/mol. The lowest BCUT2D eigenvalue weighted by Crippen LogP contribution is -2.58. The first-order chi connectivity index (χ1) is 8.60. The predicted octanol–water partition coefficient (Wildman–Crippen LogP) is 3.92. The molecule has 3 nitrogen and oxygen atoms in total. The van der Waals surface area contributed by atoms with E-state index in [2.05, 4.69) is 26.6 Å². The minimum Gasteiger partial charge on any atom is -0.362 e. The molecule has 0 radical (unpaired) electrons. The van der Waals surface area contributed by atoms with Crippen LogP contribution >= 0.6 is 27.5 Å². The van der Waals surface area contributed by atoms with E-state index >= 15 is 0 Å². The van der Waals surface area contributed by atoms with Gasteiger partial charge in [0.15, 0.2) is 0 Å². The van der Waals surface area contributed by atoms with Crippen LogP contribution in [-0.4, -0.2) is 11.6 Å². The maximum Gasteiger partial charge on any atom is 0.256 e. The molecule has 96 valence electrons. The van der Waals surface area contributed by atoms with Crippen LogP contribution in [0.3, 0.4) is 0 Å². The maximum atomic E-state index is 12.2. The normalized spacial score (nSPS) is 21.1. The lowest BCUT2D eigenvalue weighted by Gasteiger charge is -2.43. The summed E-state index contributed by atoms with van der Waals surface area (Å²) >= 11 is 9.56. The van der Waals surface area contributed by atoms with E-state index in [0.29, 0.717) is 10.6 Å². The van der Waals surface area contributed by atoms with Crippen LogP contribution in [-0.2, 0) is 0 Å². The van der Waals surface area contributed by atoms with Crippen molar-refractivity contribution in [1.29, 1.82) is 0 Å². The monoisotopic (exact) mass is 328 g/mol. The number of rotatable bonds is 0. The number of amides is 1. The van der Waals surface area contributed by atoms with Gasteiger partial charge in [-0.2, -0.15) is 0 Å². The smallest absolute Gasteiger partial charge is 0.256 e. The van der Waals surface area contributed by atoms with Crippen molar-refractivity contribution in [3.05, 3.63) is 27.2 Å². The van der Waals surface area contributed by atoms with E-state index in [1.165, 1.54) is 6.42 Å². The summed E-state index contributed by atoms with van der Waals surface area (Å²) in [4.78, 5) is 12.2. The van der Waals surface area contributed by atoms with E-state index in [1.54, 1.807) is 6.07 Å². The van der Waals surface area contributed by atoms with Gasteiger partial charge in [0.2, 0.25) is 0 Å². The van der Waals surface area contributed by atoms with Crippen molar-refractivity contribution in [2.45, 2.75) is 37.8 Å². The van der Waals surface area contributed by atoms with Gasteiger partial charge in [0.1, 0.15) is 5.66 Å². The predicted molar refractivity (Wildman–Crippen MR) is 76.1 cm³/mol. The van der Waals surface area contributed by atoms with Gasteiger partial charge in [-0.25, -0.2) is 0 Å². The molecule has 18 heavy (non-hydrogen) atoms. The molecule has 3 rings (SSSR count). The minimum absolute atomic E-state index is 0.0665. The Kier molecular flexibility index (Phi) is 3.02. The Morgan fingerprint density at radius 1 is 1.17 bits per heavy atom. The molecule has 0 saturated heterocycles. The molecule has 1 amide bonds. The molecule has 1 spiro atoms. The maximum absolute atomic E-state index is 12.2. The number of benzene rings is 1. The Morgan fingerprint density at radius 2 is 1.89 bits per heavy atom. The Labute approximate surface area is 119 Å². The molecular formula is C13H14BrClN2O. The van der Waals surface area contributed by atoms with Gasteiger partial charge in [-0.05, 0) is 37.8 Å². The average molecular weight is 330 g/mol. The second kappa shape index (κ2) is 4.42. The largest absolute Gasteiger partial charge is 0.362 e. The molecule has 5 heteroatoms. The van der Waals surface area contributed by atoms with Gasteiger partial charge in [0.25, 0.3) is 5.91 Å². The molecule has 0 aromatic heterocycles. The highest BCUT2D eigenvalue weighted by molar-refractivity contribution is 9.10. The Balaban J connectivity index is 2.03. The zero-order valence-electron chi connectivity index (χ0n) is 9.85. The summed E-state index contributed by atoms with van der Waals surface area (Å²) in [6.07, 6.45) is 5.48. The van der Waals surface area contributed by atoms with Gasteiger partial charge in [0.05, 0.1) is 16.3 Å². The summed E-state index contributed by atoms with van der Waals surface area (Å²) in [5, 5.41) is 7.06.